The molecule has 1 saturated heterocycles. The van der Waals surface area contributed by atoms with Crippen LogP contribution in [0.25, 0.3) is 0 Å². The smallest absolute Gasteiger partial charge is 0.224 e. The maximum absolute atomic E-state index is 12.1. The van der Waals surface area contributed by atoms with E-state index in [1.165, 1.54) is 11.3 Å². The van der Waals surface area contributed by atoms with E-state index in [2.05, 4.69) is 17.1 Å². The first-order valence-electron chi connectivity index (χ1n) is 7.19. The number of nitrogens with zero attached hydrogens (tertiary/aromatic N) is 1. The van der Waals surface area contributed by atoms with Gasteiger partial charge in [-0.2, -0.15) is 0 Å². The molecule has 1 amide bonds. The lowest BCUT2D eigenvalue weighted by Gasteiger charge is -2.36. The van der Waals surface area contributed by atoms with Crippen LogP contribution in [0.4, 0.5) is 0 Å². The van der Waals surface area contributed by atoms with Gasteiger partial charge in [0.15, 0.2) is 0 Å². The molecule has 0 aliphatic carbocycles. The molecule has 0 aromatic carbocycles. The Balaban J connectivity index is 2.00. The standard InChI is InChI=1S/C14H21Cl2N3OS/c1-9(11-7-12(15)21-13(11)16)19-6-2-3-10(8-19)14(20)18-5-4-17/h7,9-10H,2-6,8,17H2,1H3,(H,18,20). The summed E-state index contributed by atoms with van der Waals surface area (Å²) in [6.07, 6.45) is 1.94. The highest BCUT2D eigenvalue weighted by Gasteiger charge is 2.29. The van der Waals surface area contributed by atoms with Gasteiger partial charge in [-0.3, -0.25) is 9.69 Å². The Morgan fingerprint density at radius 3 is 3.00 bits per heavy atom. The van der Waals surface area contributed by atoms with Crippen molar-refractivity contribution in [2.24, 2.45) is 11.7 Å². The Bertz CT molecular complexity index is 495. The van der Waals surface area contributed by atoms with E-state index in [9.17, 15) is 4.79 Å². The van der Waals surface area contributed by atoms with Crippen LogP contribution in [-0.2, 0) is 4.79 Å². The zero-order chi connectivity index (χ0) is 15.4. The van der Waals surface area contributed by atoms with Gasteiger partial charge in [0, 0.05) is 31.2 Å². The van der Waals surface area contributed by atoms with E-state index in [1.54, 1.807) is 0 Å². The topological polar surface area (TPSA) is 58.4 Å². The summed E-state index contributed by atoms with van der Waals surface area (Å²) in [5.74, 6) is 0.132. The fraction of sp³-hybridized carbons (Fsp3) is 0.643. The van der Waals surface area contributed by atoms with Crippen molar-refractivity contribution in [3.05, 3.63) is 20.3 Å². The molecule has 3 N–H and O–H groups in total. The molecule has 2 rings (SSSR count). The molecule has 1 aliphatic heterocycles. The number of rotatable bonds is 5. The van der Waals surface area contributed by atoms with Gasteiger partial charge in [-0.15, -0.1) is 11.3 Å². The van der Waals surface area contributed by atoms with E-state index in [0.29, 0.717) is 17.4 Å². The second-order valence-corrected chi connectivity index (χ2v) is 7.65. The summed E-state index contributed by atoms with van der Waals surface area (Å²) in [7, 11) is 0. The summed E-state index contributed by atoms with van der Waals surface area (Å²) >= 11 is 13.7. The second kappa shape index (κ2) is 7.79. The monoisotopic (exact) mass is 349 g/mol. The number of likely N-dealkylation sites (tertiary alicyclic amines) is 1. The summed E-state index contributed by atoms with van der Waals surface area (Å²) in [4.78, 5) is 14.4. The van der Waals surface area contributed by atoms with E-state index < -0.39 is 0 Å². The Hall–Kier alpha value is -0.330. The van der Waals surface area contributed by atoms with Crippen molar-refractivity contribution >= 4 is 40.4 Å². The third kappa shape index (κ3) is 4.33. The van der Waals surface area contributed by atoms with Crippen LogP contribution in [0.2, 0.25) is 8.67 Å². The number of nitrogens with one attached hydrogen (secondary N) is 1. The molecule has 118 valence electrons. The Morgan fingerprint density at radius 2 is 2.38 bits per heavy atom. The summed E-state index contributed by atoms with van der Waals surface area (Å²) in [5, 5.41) is 2.88. The molecule has 2 atom stereocenters. The molecular formula is C14H21Cl2N3OS. The second-order valence-electron chi connectivity index (χ2n) is 5.37. The summed E-state index contributed by atoms with van der Waals surface area (Å²) in [6, 6.07) is 2.10. The van der Waals surface area contributed by atoms with Crippen molar-refractivity contribution in [3.8, 4) is 0 Å². The van der Waals surface area contributed by atoms with Gasteiger partial charge in [0.2, 0.25) is 5.91 Å². The molecular weight excluding hydrogens is 329 g/mol. The first-order valence-corrected chi connectivity index (χ1v) is 8.76. The number of hydrogen-bond donors (Lipinski definition) is 2. The highest BCUT2D eigenvalue weighted by molar-refractivity contribution is 7.20. The predicted octanol–water partition coefficient (Wildman–Crippen LogP) is 2.90. The van der Waals surface area contributed by atoms with Gasteiger partial charge in [0.05, 0.1) is 14.6 Å². The van der Waals surface area contributed by atoms with E-state index >= 15 is 0 Å². The van der Waals surface area contributed by atoms with Gasteiger partial charge in [0.1, 0.15) is 0 Å². The average Bonchev–Trinajstić information content (AvgIpc) is 2.82. The SMILES string of the molecule is CC(c1cc(Cl)sc1Cl)N1CCCC(C(=O)NCCN)C1. The quantitative estimate of drug-likeness (QED) is 0.859. The highest BCUT2D eigenvalue weighted by atomic mass is 35.5. The Kier molecular flexibility index (Phi) is 6.32. The number of piperidine rings is 1. The Labute approximate surface area is 139 Å². The van der Waals surface area contributed by atoms with Gasteiger partial charge in [-0.25, -0.2) is 0 Å². The molecule has 21 heavy (non-hydrogen) atoms. The maximum Gasteiger partial charge on any atom is 0.224 e. The number of nitrogens with two attached hydrogens (primary N) is 1. The predicted molar refractivity (Wildman–Crippen MR) is 89.1 cm³/mol. The molecule has 4 nitrogen and oxygen atoms in total. The molecule has 0 bridgehead atoms. The van der Waals surface area contributed by atoms with Crippen molar-refractivity contribution in [3.63, 3.8) is 0 Å². The van der Waals surface area contributed by atoms with Crippen molar-refractivity contribution in [2.75, 3.05) is 26.2 Å². The minimum atomic E-state index is 0.0284. The third-order valence-corrected chi connectivity index (χ3v) is 5.47. The van der Waals surface area contributed by atoms with Gasteiger partial charge < -0.3 is 11.1 Å². The largest absolute Gasteiger partial charge is 0.355 e. The molecule has 0 spiro atoms. The van der Waals surface area contributed by atoms with Gasteiger partial charge in [0.25, 0.3) is 0 Å². The molecule has 1 fully saturated rings. The number of halogens is 2. The van der Waals surface area contributed by atoms with Crippen LogP contribution >= 0.6 is 34.5 Å². The fourth-order valence-electron chi connectivity index (χ4n) is 2.75. The van der Waals surface area contributed by atoms with Crippen molar-refractivity contribution in [1.82, 2.24) is 10.2 Å². The summed E-state index contributed by atoms with van der Waals surface area (Å²) in [6.45, 7) is 4.86. The minimum absolute atomic E-state index is 0.0284. The maximum atomic E-state index is 12.1. The summed E-state index contributed by atoms with van der Waals surface area (Å²) < 4.78 is 1.44. The molecule has 1 aliphatic rings. The third-order valence-electron chi connectivity index (χ3n) is 3.95. The lowest BCUT2D eigenvalue weighted by molar-refractivity contribution is -0.126. The summed E-state index contributed by atoms with van der Waals surface area (Å²) in [5.41, 5.74) is 6.48. The van der Waals surface area contributed by atoms with Crippen molar-refractivity contribution < 1.29 is 4.79 Å². The van der Waals surface area contributed by atoms with Gasteiger partial charge >= 0.3 is 0 Å². The lowest BCUT2D eigenvalue weighted by atomic mass is 9.95. The van der Waals surface area contributed by atoms with Crippen LogP contribution < -0.4 is 11.1 Å². The first kappa shape index (κ1) is 17.0. The van der Waals surface area contributed by atoms with Crippen LogP contribution in [0.5, 0.6) is 0 Å². The van der Waals surface area contributed by atoms with Gasteiger partial charge in [-0.1, -0.05) is 23.2 Å². The molecule has 0 radical (unpaired) electrons. The molecule has 2 heterocycles. The van der Waals surface area contributed by atoms with Gasteiger partial charge in [-0.05, 0) is 32.4 Å². The molecule has 2 unspecified atom stereocenters. The molecule has 1 aromatic heterocycles. The lowest BCUT2D eigenvalue weighted by Crippen LogP contribution is -2.44. The van der Waals surface area contributed by atoms with Crippen molar-refractivity contribution in [2.45, 2.75) is 25.8 Å². The number of carbonyl (C=O) groups excluding carboxylic acids is 1. The number of carbonyl (C=O) groups is 1. The number of amides is 1. The van der Waals surface area contributed by atoms with E-state index in [0.717, 1.165) is 35.8 Å². The fourth-order valence-corrected chi connectivity index (χ4v) is 4.38. The van der Waals surface area contributed by atoms with Crippen LogP contribution in [-0.4, -0.2) is 37.0 Å². The number of hydrogen-bond acceptors (Lipinski definition) is 4. The molecule has 1 aromatic rings. The molecule has 0 saturated carbocycles. The average molecular weight is 350 g/mol. The normalized spacial score (nSPS) is 21.2. The van der Waals surface area contributed by atoms with Crippen LogP contribution in [0.3, 0.4) is 0 Å². The van der Waals surface area contributed by atoms with Crippen LogP contribution in [0, 0.1) is 5.92 Å². The zero-order valence-corrected chi connectivity index (χ0v) is 14.4. The van der Waals surface area contributed by atoms with Crippen LogP contribution in [0.1, 0.15) is 31.4 Å². The minimum Gasteiger partial charge on any atom is -0.355 e. The molecule has 7 heteroatoms. The Morgan fingerprint density at radius 1 is 1.62 bits per heavy atom. The number of thiophene rings is 1. The van der Waals surface area contributed by atoms with E-state index in [1.807, 2.05) is 6.07 Å². The van der Waals surface area contributed by atoms with Crippen LogP contribution in [0.15, 0.2) is 6.07 Å². The van der Waals surface area contributed by atoms with E-state index in [4.69, 9.17) is 28.9 Å². The van der Waals surface area contributed by atoms with E-state index in [-0.39, 0.29) is 17.9 Å². The first-order chi connectivity index (χ1) is 10.0. The van der Waals surface area contributed by atoms with Crippen molar-refractivity contribution in [1.29, 1.82) is 0 Å². The highest BCUT2D eigenvalue weighted by Crippen LogP contribution is 2.38. The zero-order valence-electron chi connectivity index (χ0n) is 12.1.